The molecule has 2 aliphatic heterocycles. The van der Waals surface area contributed by atoms with Crippen molar-refractivity contribution < 1.29 is 33.4 Å². The predicted molar refractivity (Wildman–Crippen MR) is 212 cm³/mol. The van der Waals surface area contributed by atoms with Crippen LogP contribution < -0.4 is 16.0 Å². The van der Waals surface area contributed by atoms with E-state index in [2.05, 4.69) is 30.7 Å². The molecule has 2 saturated heterocycles. The predicted octanol–water partition coefficient (Wildman–Crippen LogP) is 5.39. The number of rotatable bonds is 11. The molecule has 15 heteroatoms. The van der Waals surface area contributed by atoms with Crippen molar-refractivity contribution in [2.24, 2.45) is 0 Å². The SMILES string of the molecule is CCC(NC(=O)OC)C(=O)N1CCCC1CNC(=O)c1cnc2cc(-c3ccc4nc(C5CCCN5C(=O)C(NC(=O)OC)c5ccccc5)[nH]c4c3)ccc2c1. The van der Waals surface area contributed by atoms with Crippen molar-refractivity contribution in [1.29, 1.82) is 0 Å². The molecule has 5 amide bonds. The molecule has 0 radical (unpaired) electrons. The minimum absolute atomic E-state index is 0.184. The van der Waals surface area contributed by atoms with Crippen molar-refractivity contribution in [1.82, 2.24) is 40.7 Å². The van der Waals surface area contributed by atoms with Gasteiger partial charge in [-0.25, -0.2) is 14.6 Å². The number of fused-ring (bicyclic) bond motifs is 2. The van der Waals surface area contributed by atoms with Gasteiger partial charge in [-0.2, -0.15) is 0 Å². The number of pyridine rings is 1. The molecule has 4 heterocycles. The standard InChI is InChI=1S/C42H46N8O7/c1-4-31(47-41(54)56-2)39(52)49-18-8-12-30(49)24-44-38(51)29-20-28-15-14-26(21-33(28)43-23-29)27-16-17-32-34(22-27)46-37(45-32)35-13-9-19-50(35)40(53)36(48-42(55)57-3)25-10-6-5-7-11-25/h5-7,10-11,14-17,20-23,30-31,35-36H,4,8-9,12-13,18-19,24H2,1-3H3,(H,44,51)(H,45,46)(H,47,54)(H,48,55). The number of hydrogen-bond acceptors (Lipinski definition) is 9. The number of amides is 5. The molecule has 0 bridgehead atoms. The number of nitrogens with one attached hydrogen (secondary N) is 4. The second-order valence-corrected chi connectivity index (χ2v) is 14.3. The summed E-state index contributed by atoms with van der Waals surface area (Å²) >= 11 is 0. The van der Waals surface area contributed by atoms with Crippen molar-refractivity contribution in [2.75, 3.05) is 33.9 Å². The third kappa shape index (κ3) is 8.37. The number of imidazole rings is 1. The third-order valence-electron chi connectivity index (χ3n) is 10.8. The monoisotopic (exact) mass is 774 g/mol. The molecule has 0 saturated carbocycles. The van der Waals surface area contributed by atoms with E-state index in [9.17, 15) is 24.0 Å². The number of likely N-dealkylation sites (tertiary alicyclic amines) is 2. The Morgan fingerprint density at radius 1 is 0.825 bits per heavy atom. The van der Waals surface area contributed by atoms with Crippen molar-refractivity contribution in [3.63, 3.8) is 0 Å². The lowest BCUT2D eigenvalue weighted by atomic mass is 10.0. The molecule has 15 nitrogen and oxygen atoms in total. The number of aromatic amines is 1. The van der Waals surface area contributed by atoms with Gasteiger partial charge in [0, 0.05) is 37.3 Å². The summed E-state index contributed by atoms with van der Waals surface area (Å²) in [5, 5.41) is 9.07. The number of benzene rings is 3. The molecular formula is C42H46N8O7. The Kier molecular flexibility index (Phi) is 11.6. The number of hydrogen-bond donors (Lipinski definition) is 4. The van der Waals surface area contributed by atoms with Crippen LogP contribution in [0.25, 0.3) is 33.1 Å². The lowest BCUT2D eigenvalue weighted by Gasteiger charge is -2.28. The van der Waals surface area contributed by atoms with Gasteiger partial charge in [0.1, 0.15) is 17.9 Å². The maximum atomic E-state index is 13.9. The summed E-state index contributed by atoms with van der Waals surface area (Å²) in [6.07, 6.45) is 3.70. The molecule has 4 unspecified atom stereocenters. The molecule has 5 aromatic rings. The van der Waals surface area contributed by atoms with Gasteiger partial charge in [-0.05, 0) is 73.1 Å². The summed E-state index contributed by atoms with van der Waals surface area (Å²) in [5.41, 5.74) is 5.25. The van der Waals surface area contributed by atoms with Gasteiger partial charge in [0.15, 0.2) is 0 Å². The molecule has 57 heavy (non-hydrogen) atoms. The maximum absolute atomic E-state index is 13.9. The Hall–Kier alpha value is -6.51. The minimum atomic E-state index is -0.903. The molecule has 2 aliphatic rings. The van der Waals surface area contributed by atoms with Gasteiger partial charge < -0.3 is 40.2 Å². The summed E-state index contributed by atoms with van der Waals surface area (Å²) in [4.78, 5) is 80.8. The van der Waals surface area contributed by atoms with E-state index < -0.39 is 24.3 Å². The molecule has 4 N–H and O–H groups in total. The van der Waals surface area contributed by atoms with Crippen LogP contribution in [0.2, 0.25) is 0 Å². The first-order chi connectivity index (χ1) is 27.7. The normalized spacial score (nSPS) is 17.6. The van der Waals surface area contributed by atoms with Gasteiger partial charge in [-0.15, -0.1) is 0 Å². The van der Waals surface area contributed by atoms with Crippen LogP contribution in [0, 0.1) is 0 Å². The van der Waals surface area contributed by atoms with Gasteiger partial charge in [0.05, 0.1) is 42.4 Å². The van der Waals surface area contributed by atoms with Gasteiger partial charge >= 0.3 is 12.2 Å². The Morgan fingerprint density at radius 2 is 1.54 bits per heavy atom. The quantitative estimate of drug-likeness (QED) is 0.136. The number of nitrogens with zero attached hydrogens (tertiary/aromatic N) is 4. The Bertz CT molecular complexity index is 2300. The molecule has 7 rings (SSSR count). The highest BCUT2D eigenvalue weighted by molar-refractivity contribution is 5.98. The molecule has 2 aromatic heterocycles. The van der Waals surface area contributed by atoms with E-state index in [-0.39, 0.29) is 36.3 Å². The zero-order chi connectivity index (χ0) is 40.1. The highest BCUT2D eigenvalue weighted by atomic mass is 16.5. The fraction of sp³-hybridized carbons (Fsp3) is 0.357. The number of alkyl carbamates (subject to hydrolysis) is 2. The average molecular weight is 775 g/mol. The Morgan fingerprint density at radius 3 is 2.32 bits per heavy atom. The van der Waals surface area contributed by atoms with Crippen LogP contribution in [0.15, 0.2) is 79.0 Å². The highest BCUT2D eigenvalue weighted by Crippen LogP contribution is 2.35. The summed E-state index contributed by atoms with van der Waals surface area (Å²) in [5.74, 6) is -0.0305. The number of methoxy groups -OCH3 is 2. The molecule has 3 aromatic carbocycles. The Labute approximate surface area is 329 Å². The van der Waals surface area contributed by atoms with Crippen LogP contribution in [-0.2, 0) is 19.1 Å². The first-order valence-corrected chi connectivity index (χ1v) is 19.2. The number of ether oxygens (including phenoxy) is 2. The molecule has 2 fully saturated rings. The van der Waals surface area contributed by atoms with Crippen LogP contribution in [0.5, 0.6) is 0 Å². The van der Waals surface area contributed by atoms with E-state index >= 15 is 0 Å². The van der Waals surface area contributed by atoms with Gasteiger partial charge in [-0.1, -0.05) is 55.5 Å². The number of H-pyrrole nitrogens is 1. The van der Waals surface area contributed by atoms with Crippen LogP contribution >= 0.6 is 0 Å². The smallest absolute Gasteiger partial charge is 0.407 e. The van der Waals surface area contributed by atoms with E-state index in [4.69, 9.17) is 9.72 Å². The van der Waals surface area contributed by atoms with Crippen LogP contribution in [0.1, 0.15) is 72.9 Å². The third-order valence-corrected chi connectivity index (χ3v) is 10.8. The first kappa shape index (κ1) is 38.8. The van der Waals surface area contributed by atoms with E-state index in [1.165, 1.54) is 14.2 Å². The highest BCUT2D eigenvalue weighted by Gasteiger charge is 2.37. The van der Waals surface area contributed by atoms with E-state index in [1.54, 1.807) is 34.2 Å². The van der Waals surface area contributed by atoms with Crippen LogP contribution in [0.3, 0.4) is 0 Å². The van der Waals surface area contributed by atoms with Gasteiger partial charge in [0.25, 0.3) is 11.8 Å². The summed E-state index contributed by atoms with van der Waals surface area (Å²) in [6, 6.07) is 20.7. The van der Waals surface area contributed by atoms with Crippen molar-refractivity contribution in [2.45, 2.75) is 63.2 Å². The molecule has 0 aliphatic carbocycles. The lowest BCUT2D eigenvalue weighted by Crippen LogP contribution is -2.52. The van der Waals surface area contributed by atoms with Crippen molar-refractivity contribution >= 4 is 51.8 Å². The topological polar surface area (TPSA) is 188 Å². The number of carbonyl (C=O) groups is 5. The van der Waals surface area contributed by atoms with E-state index in [0.717, 1.165) is 58.7 Å². The van der Waals surface area contributed by atoms with Crippen LogP contribution in [0.4, 0.5) is 9.59 Å². The average Bonchev–Trinajstić information content (AvgIpc) is 4.03. The molecular weight excluding hydrogens is 729 g/mol. The summed E-state index contributed by atoms with van der Waals surface area (Å²) < 4.78 is 9.49. The van der Waals surface area contributed by atoms with E-state index in [1.807, 2.05) is 61.5 Å². The molecule has 4 atom stereocenters. The number of carbonyl (C=O) groups excluding carboxylic acids is 5. The second-order valence-electron chi connectivity index (χ2n) is 14.3. The summed E-state index contributed by atoms with van der Waals surface area (Å²) in [6.45, 7) is 3.19. The first-order valence-electron chi connectivity index (χ1n) is 19.2. The van der Waals surface area contributed by atoms with Gasteiger partial charge in [0.2, 0.25) is 5.91 Å². The fourth-order valence-electron chi connectivity index (χ4n) is 7.77. The maximum Gasteiger partial charge on any atom is 0.407 e. The molecule has 0 spiro atoms. The zero-order valence-electron chi connectivity index (χ0n) is 32.1. The largest absolute Gasteiger partial charge is 0.453 e. The Balaban J connectivity index is 1.03. The van der Waals surface area contributed by atoms with Crippen molar-refractivity contribution in [3.8, 4) is 11.1 Å². The van der Waals surface area contributed by atoms with Gasteiger partial charge in [-0.3, -0.25) is 19.4 Å². The zero-order valence-corrected chi connectivity index (χ0v) is 32.1. The van der Waals surface area contributed by atoms with Crippen LogP contribution in [-0.4, -0.2) is 101 Å². The van der Waals surface area contributed by atoms with E-state index in [0.29, 0.717) is 36.5 Å². The molecule has 296 valence electrons. The summed E-state index contributed by atoms with van der Waals surface area (Å²) in [7, 11) is 2.53. The lowest BCUT2D eigenvalue weighted by molar-refractivity contribution is -0.135. The fourth-order valence-corrected chi connectivity index (χ4v) is 7.77. The van der Waals surface area contributed by atoms with Crippen molar-refractivity contribution in [3.05, 3.63) is 95.9 Å². The number of aromatic nitrogens is 3. The second kappa shape index (κ2) is 17.1. The minimum Gasteiger partial charge on any atom is -0.453 e.